The van der Waals surface area contributed by atoms with Gasteiger partial charge in [0.05, 0.1) is 12.1 Å². The molecule has 1 heterocycles. The summed E-state index contributed by atoms with van der Waals surface area (Å²) >= 11 is 0. The third-order valence-corrected chi connectivity index (χ3v) is 4.57. The molecule has 1 aliphatic heterocycles. The minimum absolute atomic E-state index is 0. The van der Waals surface area contributed by atoms with Crippen LogP contribution in [0.2, 0.25) is 0 Å². The highest BCUT2D eigenvalue weighted by Gasteiger charge is 2.34. The van der Waals surface area contributed by atoms with Crippen LogP contribution < -0.4 is 5.32 Å². The molecule has 122 valence electrons. The molecule has 1 saturated carbocycles. The molecule has 1 fully saturated rings. The maximum absolute atomic E-state index is 10.2. The zero-order valence-corrected chi connectivity index (χ0v) is 15.5. The normalized spacial score (nSPS) is 19.7. The molecule has 0 saturated heterocycles. The van der Waals surface area contributed by atoms with Gasteiger partial charge in [-0.15, -0.1) is 24.0 Å². The van der Waals surface area contributed by atoms with E-state index in [1.165, 1.54) is 11.1 Å². The van der Waals surface area contributed by atoms with Crippen LogP contribution in [0.3, 0.4) is 0 Å². The summed E-state index contributed by atoms with van der Waals surface area (Å²) in [5, 5.41) is 13.6. The van der Waals surface area contributed by atoms with Gasteiger partial charge in [0, 0.05) is 19.6 Å². The van der Waals surface area contributed by atoms with Crippen molar-refractivity contribution in [2.24, 2.45) is 4.99 Å². The zero-order valence-electron chi connectivity index (χ0n) is 13.2. The zero-order chi connectivity index (χ0) is 14.7. The minimum Gasteiger partial charge on any atom is -0.388 e. The van der Waals surface area contributed by atoms with Gasteiger partial charge < -0.3 is 15.3 Å². The average molecular weight is 415 g/mol. The summed E-state index contributed by atoms with van der Waals surface area (Å²) in [5.41, 5.74) is 2.29. The van der Waals surface area contributed by atoms with Crippen LogP contribution in [0.5, 0.6) is 0 Å². The number of benzene rings is 1. The summed E-state index contributed by atoms with van der Waals surface area (Å²) in [6.07, 6.45) is 3.96. The largest absolute Gasteiger partial charge is 0.388 e. The Labute approximate surface area is 150 Å². The molecule has 22 heavy (non-hydrogen) atoms. The van der Waals surface area contributed by atoms with Gasteiger partial charge in [0.2, 0.25) is 0 Å². The number of fused-ring (bicyclic) bond motifs is 1. The van der Waals surface area contributed by atoms with Gasteiger partial charge in [-0.05, 0) is 43.7 Å². The van der Waals surface area contributed by atoms with E-state index in [0.717, 1.165) is 51.3 Å². The van der Waals surface area contributed by atoms with E-state index in [2.05, 4.69) is 46.4 Å². The number of halogens is 1. The second kappa shape index (κ2) is 7.64. The highest BCUT2D eigenvalue weighted by Crippen LogP contribution is 2.31. The first kappa shape index (κ1) is 17.5. The third kappa shape index (κ3) is 3.93. The van der Waals surface area contributed by atoms with Crippen molar-refractivity contribution in [3.8, 4) is 0 Å². The second-order valence-electron chi connectivity index (χ2n) is 6.19. The average Bonchev–Trinajstić information content (AvgIpc) is 2.49. The van der Waals surface area contributed by atoms with E-state index >= 15 is 0 Å². The lowest BCUT2D eigenvalue weighted by Crippen LogP contribution is -2.46. The molecule has 0 atom stereocenters. The first-order valence-corrected chi connectivity index (χ1v) is 8.03. The number of hydrogen-bond donors (Lipinski definition) is 2. The van der Waals surface area contributed by atoms with Crippen LogP contribution in [0.15, 0.2) is 29.3 Å². The summed E-state index contributed by atoms with van der Waals surface area (Å²) in [7, 11) is 0. The van der Waals surface area contributed by atoms with Gasteiger partial charge in [-0.3, -0.25) is 4.99 Å². The summed E-state index contributed by atoms with van der Waals surface area (Å²) in [6, 6.07) is 8.63. The summed E-state index contributed by atoms with van der Waals surface area (Å²) < 4.78 is 0. The molecule has 0 spiro atoms. The van der Waals surface area contributed by atoms with Gasteiger partial charge in [0.15, 0.2) is 5.96 Å². The van der Waals surface area contributed by atoms with Crippen LogP contribution >= 0.6 is 24.0 Å². The van der Waals surface area contributed by atoms with Gasteiger partial charge in [-0.2, -0.15) is 0 Å². The van der Waals surface area contributed by atoms with E-state index in [1.807, 2.05) is 0 Å². The number of nitrogens with zero attached hydrogens (tertiary/aromatic N) is 2. The van der Waals surface area contributed by atoms with Gasteiger partial charge in [-0.25, -0.2) is 0 Å². The van der Waals surface area contributed by atoms with Crippen molar-refractivity contribution in [2.75, 3.05) is 19.6 Å². The van der Waals surface area contributed by atoms with E-state index in [1.54, 1.807) is 0 Å². The first-order valence-electron chi connectivity index (χ1n) is 8.03. The Bertz CT molecular complexity index is 528. The fraction of sp³-hybridized carbons (Fsp3) is 0.588. The molecular formula is C17H26IN3O. The van der Waals surface area contributed by atoms with E-state index in [-0.39, 0.29) is 24.0 Å². The Morgan fingerprint density at radius 1 is 1.32 bits per heavy atom. The molecule has 2 aliphatic rings. The fourth-order valence-corrected chi connectivity index (χ4v) is 3.07. The van der Waals surface area contributed by atoms with Gasteiger partial charge in [-0.1, -0.05) is 24.3 Å². The van der Waals surface area contributed by atoms with Crippen molar-refractivity contribution in [1.29, 1.82) is 0 Å². The summed E-state index contributed by atoms with van der Waals surface area (Å²) in [4.78, 5) is 6.98. The Balaban J connectivity index is 0.00000176. The topological polar surface area (TPSA) is 47.9 Å². The standard InChI is InChI=1S/C17H25N3O.HI/c1-2-18-16(19-13-17(21)9-5-10-17)20-11-8-14-6-3-4-7-15(14)12-20;/h3-4,6-7,21H,2,5,8-13H2,1H3,(H,18,19);1H. The van der Waals surface area contributed by atoms with E-state index in [9.17, 15) is 5.11 Å². The van der Waals surface area contributed by atoms with Gasteiger partial charge in [0.1, 0.15) is 0 Å². The maximum Gasteiger partial charge on any atom is 0.194 e. The Morgan fingerprint density at radius 3 is 2.68 bits per heavy atom. The predicted molar refractivity (Wildman–Crippen MR) is 101 cm³/mol. The molecule has 0 radical (unpaired) electrons. The van der Waals surface area contributed by atoms with Crippen LogP contribution in [0.4, 0.5) is 0 Å². The van der Waals surface area contributed by atoms with E-state index in [4.69, 9.17) is 0 Å². The quantitative estimate of drug-likeness (QED) is 0.453. The van der Waals surface area contributed by atoms with Crippen molar-refractivity contribution in [3.63, 3.8) is 0 Å². The molecule has 0 amide bonds. The molecule has 0 unspecified atom stereocenters. The molecule has 4 nitrogen and oxygen atoms in total. The Morgan fingerprint density at radius 2 is 2.05 bits per heavy atom. The number of guanidine groups is 1. The van der Waals surface area contributed by atoms with E-state index in [0.29, 0.717) is 6.54 Å². The molecule has 1 aliphatic carbocycles. The molecule has 3 rings (SSSR count). The lowest BCUT2D eigenvalue weighted by molar-refractivity contribution is -0.0237. The van der Waals surface area contributed by atoms with E-state index < -0.39 is 5.60 Å². The van der Waals surface area contributed by atoms with Crippen LogP contribution in [-0.2, 0) is 13.0 Å². The van der Waals surface area contributed by atoms with Crippen molar-refractivity contribution in [3.05, 3.63) is 35.4 Å². The summed E-state index contributed by atoms with van der Waals surface area (Å²) in [5.74, 6) is 0.937. The molecule has 5 heteroatoms. The monoisotopic (exact) mass is 415 g/mol. The number of hydrogen-bond acceptors (Lipinski definition) is 2. The number of nitrogens with one attached hydrogen (secondary N) is 1. The smallest absolute Gasteiger partial charge is 0.194 e. The predicted octanol–water partition coefficient (Wildman–Crippen LogP) is 2.54. The molecule has 0 bridgehead atoms. The highest BCUT2D eigenvalue weighted by molar-refractivity contribution is 14.0. The Kier molecular flexibility index (Phi) is 6.09. The fourth-order valence-electron chi connectivity index (χ4n) is 3.07. The maximum atomic E-state index is 10.2. The van der Waals surface area contributed by atoms with Gasteiger partial charge >= 0.3 is 0 Å². The molecule has 0 aromatic heterocycles. The number of aliphatic imine (C=N–C) groups is 1. The lowest BCUT2D eigenvalue weighted by Gasteiger charge is -2.36. The van der Waals surface area contributed by atoms with Crippen LogP contribution in [-0.4, -0.2) is 41.2 Å². The number of rotatable bonds is 3. The van der Waals surface area contributed by atoms with Crippen molar-refractivity contribution in [2.45, 2.75) is 44.8 Å². The highest BCUT2D eigenvalue weighted by atomic mass is 127. The third-order valence-electron chi connectivity index (χ3n) is 4.57. The number of aliphatic hydroxyl groups is 1. The first-order chi connectivity index (χ1) is 10.2. The second-order valence-corrected chi connectivity index (χ2v) is 6.19. The van der Waals surface area contributed by atoms with Gasteiger partial charge in [0.25, 0.3) is 0 Å². The van der Waals surface area contributed by atoms with Crippen LogP contribution in [0.25, 0.3) is 0 Å². The summed E-state index contributed by atoms with van der Waals surface area (Å²) in [6.45, 7) is 5.36. The van der Waals surface area contributed by atoms with Crippen molar-refractivity contribution < 1.29 is 5.11 Å². The van der Waals surface area contributed by atoms with Crippen molar-refractivity contribution in [1.82, 2.24) is 10.2 Å². The molecule has 1 aromatic rings. The Hall–Kier alpha value is -0.820. The van der Waals surface area contributed by atoms with Crippen LogP contribution in [0, 0.1) is 0 Å². The molecular weight excluding hydrogens is 389 g/mol. The lowest BCUT2D eigenvalue weighted by atomic mass is 9.80. The SMILES string of the molecule is CCNC(=NCC1(O)CCC1)N1CCc2ccccc2C1.I. The minimum atomic E-state index is -0.547. The van der Waals surface area contributed by atoms with Crippen LogP contribution in [0.1, 0.15) is 37.3 Å². The van der Waals surface area contributed by atoms with Crippen molar-refractivity contribution >= 4 is 29.9 Å². The molecule has 1 aromatic carbocycles. The molecule has 2 N–H and O–H groups in total.